The Labute approximate surface area is 183 Å². The van der Waals surface area contributed by atoms with Crippen molar-refractivity contribution >= 4 is 44.5 Å². The highest BCUT2D eigenvalue weighted by Crippen LogP contribution is 2.26. The highest BCUT2D eigenvalue weighted by Gasteiger charge is 2.13. The summed E-state index contributed by atoms with van der Waals surface area (Å²) in [5.41, 5.74) is 1.94. The first kappa shape index (κ1) is 22.2. The number of hydrogen-bond acceptors (Lipinski definition) is 6. The first-order valence-corrected chi connectivity index (χ1v) is 10.7. The van der Waals surface area contributed by atoms with Crippen molar-refractivity contribution < 1.29 is 14.4 Å². The third-order valence-electron chi connectivity index (χ3n) is 4.10. The zero-order chi connectivity index (χ0) is 22.4. The van der Waals surface area contributed by atoms with Gasteiger partial charge in [-0.05, 0) is 50.6 Å². The second kappa shape index (κ2) is 9.98. The number of nitrogens with zero attached hydrogens (tertiary/aromatic N) is 2. The molecule has 1 aromatic carbocycles. The minimum absolute atomic E-state index is 0.0239. The highest BCUT2D eigenvalue weighted by atomic mass is 32.1. The van der Waals surface area contributed by atoms with E-state index in [-0.39, 0.29) is 41.8 Å². The maximum Gasteiger partial charge on any atom is 0.321 e. The van der Waals surface area contributed by atoms with Crippen molar-refractivity contribution in [2.45, 2.75) is 33.4 Å². The van der Waals surface area contributed by atoms with Crippen molar-refractivity contribution in [2.75, 3.05) is 11.9 Å². The number of nitrogens with one attached hydrogen (secondary N) is 4. The highest BCUT2D eigenvalue weighted by molar-refractivity contribution is 7.22. The predicted octanol–water partition coefficient (Wildman–Crippen LogP) is 2.90. The molecule has 2 heterocycles. The number of thiazole rings is 1. The van der Waals surface area contributed by atoms with Gasteiger partial charge in [0.05, 0.1) is 10.2 Å². The van der Waals surface area contributed by atoms with Crippen molar-refractivity contribution in [2.24, 2.45) is 0 Å². The van der Waals surface area contributed by atoms with Crippen LogP contribution in [0.3, 0.4) is 0 Å². The Morgan fingerprint density at radius 1 is 1.00 bits per heavy atom. The molecule has 3 rings (SSSR count). The van der Waals surface area contributed by atoms with Crippen molar-refractivity contribution in [1.29, 1.82) is 0 Å². The smallest absolute Gasteiger partial charge is 0.321 e. The molecule has 0 spiro atoms. The standard InChI is InChI=1S/C21H24N6O3S/c1-4-22-20(30)27-21-26-16-10-13(8-9-17(16)31-21)11-23-18(28)14-6-5-7-15(25-14)19(29)24-12(2)3/h5-10,12H,4,11H2,1-3H3,(H,23,28)(H,24,29)(H2,22,26,27,30). The molecule has 0 fully saturated rings. The van der Waals surface area contributed by atoms with Crippen LogP contribution in [0.15, 0.2) is 36.4 Å². The molecule has 0 bridgehead atoms. The fourth-order valence-electron chi connectivity index (χ4n) is 2.73. The van der Waals surface area contributed by atoms with E-state index in [0.717, 1.165) is 15.8 Å². The molecule has 2 aromatic heterocycles. The van der Waals surface area contributed by atoms with Gasteiger partial charge in [0.15, 0.2) is 5.13 Å². The summed E-state index contributed by atoms with van der Waals surface area (Å²) >= 11 is 1.37. The normalized spacial score (nSPS) is 10.7. The van der Waals surface area contributed by atoms with Gasteiger partial charge in [-0.2, -0.15) is 0 Å². The van der Waals surface area contributed by atoms with Crippen LogP contribution < -0.4 is 21.3 Å². The van der Waals surface area contributed by atoms with E-state index in [2.05, 4.69) is 31.2 Å². The first-order valence-electron chi connectivity index (χ1n) is 9.86. The van der Waals surface area contributed by atoms with E-state index >= 15 is 0 Å². The molecule has 0 unspecified atom stereocenters. The summed E-state index contributed by atoms with van der Waals surface area (Å²) in [7, 11) is 0. The van der Waals surface area contributed by atoms with Crippen molar-refractivity contribution in [3.63, 3.8) is 0 Å². The van der Waals surface area contributed by atoms with Crippen LogP contribution in [0.2, 0.25) is 0 Å². The number of rotatable bonds is 7. The van der Waals surface area contributed by atoms with Gasteiger partial charge in [-0.3, -0.25) is 14.9 Å². The molecule has 31 heavy (non-hydrogen) atoms. The number of pyridine rings is 1. The Balaban J connectivity index is 1.64. The van der Waals surface area contributed by atoms with Gasteiger partial charge in [-0.1, -0.05) is 23.5 Å². The van der Waals surface area contributed by atoms with Crippen molar-refractivity contribution in [3.8, 4) is 0 Å². The second-order valence-electron chi connectivity index (χ2n) is 7.02. The van der Waals surface area contributed by atoms with E-state index in [1.807, 2.05) is 39.0 Å². The minimum atomic E-state index is -0.379. The zero-order valence-electron chi connectivity index (χ0n) is 17.5. The molecule has 0 aliphatic heterocycles. The van der Waals surface area contributed by atoms with Gasteiger partial charge in [0, 0.05) is 19.1 Å². The van der Waals surface area contributed by atoms with Gasteiger partial charge in [0.2, 0.25) is 0 Å². The molecule has 0 aliphatic rings. The number of aromatic nitrogens is 2. The van der Waals surface area contributed by atoms with E-state index in [1.165, 1.54) is 11.3 Å². The number of carbonyl (C=O) groups is 3. The maximum absolute atomic E-state index is 12.5. The van der Waals surface area contributed by atoms with Crippen LogP contribution in [0.1, 0.15) is 47.3 Å². The number of carbonyl (C=O) groups excluding carboxylic acids is 3. The largest absolute Gasteiger partial charge is 0.349 e. The Morgan fingerprint density at radius 3 is 2.45 bits per heavy atom. The molecule has 0 atom stereocenters. The van der Waals surface area contributed by atoms with E-state index in [1.54, 1.807) is 18.2 Å². The number of amides is 4. The van der Waals surface area contributed by atoms with Crippen molar-refractivity contribution in [3.05, 3.63) is 53.3 Å². The predicted molar refractivity (Wildman–Crippen MR) is 120 cm³/mol. The number of fused-ring (bicyclic) bond motifs is 1. The Bertz CT molecular complexity index is 1110. The average molecular weight is 441 g/mol. The molecule has 3 aromatic rings. The third kappa shape index (κ3) is 5.98. The van der Waals surface area contributed by atoms with E-state index < -0.39 is 0 Å². The molecule has 162 valence electrons. The summed E-state index contributed by atoms with van der Waals surface area (Å²) in [6.45, 7) is 6.35. The lowest BCUT2D eigenvalue weighted by atomic mass is 10.2. The Kier molecular flexibility index (Phi) is 7.14. The summed E-state index contributed by atoms with van der Waals surface area (Å²) in [6, 6.07) is 10.1. The number of urea groups is 1. The topological polar surface area (TPSA) is 125 Å². The van der Waals surface area contributed by atoms with Gasteiger partial charge in [0.1, 0.15) is 11.4 Å². The average Bonchev–Trinajstić information content (AvgIpc) is 3.13. The molecule has 9 nitrogen and oxygen atoms in total. The molecule has 0 saturated carbocycles. The Morgan fingerprint density at radius 2 is 1.74 bits per heavy atom. The molecule has 4 N–H and O–H groups in total. The molecule has 0 radical (unpaired) electrons. The van der Waals surface area contributed by atoms with Gasteiger partial charge in [0.25, 0.3) is 11.8 Å². The molecule has 0 saturated heterocycles. The summed E-state index contributed by atoms with van der Waals surface area (Å²) in [4.78, 5) is 44.8. The van der Waals surface area contributed by atoms with E-state index in [4.69, 9.17) is 0 Å². The van der Waals surface area contributed by atoms with Crippen molar-refractivity contribution in [1.82, 2.24) is 25.9 Å². The van der Waals surface area contributed by atoms with Crippen LogP contribution in [0.25, 0.3) is 10.2 Å². The lowest BCUT2D eigenvalue weighted by Gasteiger charge is -2.09. The monoisotopic (exact) mass is 440 g/mol. The lowest BCUT2D eigenvalue weighted by molar-refractivity contribution is 0.0936. The molecule has 4 amide bonds. The third-order valence-corrected chi connectivity index (χ3v) is 5.05. The van der Waals surface area contributed by atoms with Crippen LogP contribution in [-0.4, -0.2) is 40.4 Å². The van der Waals surface area contributed by atoms with Gasteiger partial charge >= 0.3 is 6.03 Å². The molecular weight excluding hydrogens is 416 g/mol. The van der Waals surface area contributed by atoms with E-state index in [9.17, 15) is 14.4 Å². The number of benzene rings is 1. The fourth-order valence-corrected chi connectivity index (χ4v) is 3.58. The fraction of sp³-hybridized carbons (Fsp3) is 0.286. The minimum Gasteiger partial charge on any atom is -0.349 e. The number of anilines is 1. The lowest BCUT2D eigenvalue weighted by Crippen LogP contribution is -2.31. The Hall–Kier alpha value is -3.53. The van der Waals surface area contributed by atoms with Crippen LogP contribution in [0, 0.1) is 0 Å². The summed E-state index contributed by atoms with van der Waals surface area (Å²) in [6.07, 6.45) is 0. The van der Waals surface area contributed by atoms with Crippen LogP contribution in [-0.2, 0) is 6.54 Å². The van der Waals surface area contributed by atoms with E-state index in [0.29, 0.717) is 11.7 Å². The first-order chi connectivity index (χ1) is 14.9. The molecule has 10 heteroatoms. The zero-order valence-corrected chi connectivity index (χ0v) is 18.3. The van der Waals surface area contributed by atoms with Crippen LogP contribution in [0.5, 0.6) is 0 Å². The van der Waals surface area contributed by atoms with Crippen LogP contribution in [0.4, 0.5) is 9.93 Å². The summed E-state index contributed by atoms with van der Waals surface area (Å²) in [5, 5.41) is 11.4. The molecular formula is C21H24N6O3S. The maximum atomic E-state index is 12.5. The quantitative estimate of drug-likeness (QED) is 0.450. The second-order valence-corrected chi connectivity index (χ2v) is 8.06. The summed E-state index contributed by atoms with van der Waals surface area (Å²) in [5.74, 6) is -0.702. The van der Waals surface area contributed by atoms with Gasteiger partial charge in [-0.25, -0.2) is 14.8 Å². The SMILES string of the molecule is CCNC(=O)Nc1nc2cc(CNC(=O)c3cccc(C(=O)NC(C)C)n3)ccc2s1. The van der Waals surface area contributed by atoms with Gasteiger partial charge in [-0.15, -0.1) is 0 Å². The van der Waals surface area contributed by atoms with Crippen LogP contribution >= 0.6 is 11.3 Å². The van der Waals surface area contributed by atoms with Gasteiger partial charge < -0.3 is 16.0 Å². The summed E-state index contributed by atoms with van der Waals surface area (Å²) < 4.78 is 0.924. The number of hydrogen-bond donors (Lipinski definition) is 4. The molecule has 0 aliphatic carbocycles.